The topological polar surface area (TPSA) is 78.1 Å². The molecule has 2 aliphatic rings. The third kappa shape index (κ3) is 3.48. The van der Waals surface area contributed by atoms with Crippen molar-refractivity contribution in [3.8, 4) is 0 Å². The lowest BCUT2D eigenvalue weighted by Gasteiger charge is -2.36. The number of amides is 2. The second-order valence-corrected chi connectivity index (χ2v) is 6.33. The van der Waals surface area contributed by atoms with Gasteiger partial charge in [-0.15, -0.1) is 0 Å². The van der Waals surface area contributed by atoms with E-state index < -0.39 is 0 Å². The number of hydrogen-bond donors (Lipinski definition) is 2. The van der Waals surface area contributed by atoms with Gasteiger partial charge in [-0.3, -0.25) is 9.59 Å². The van der Waals surface area contributed by atoms with Gasteiger partial charge >= 0.3 is 0 Å². The maximum absolute atomic E-state index is 12.3. The van der Waals surface area contributed by atoms with E-state index in [9.17, 15) is 9.59 Å². The molecule has 1 saturated carbocycles. The van der Waals surface area contributed by atoms with Gasteiger partial charge in [0.05, 0.1) is 5.92 Å². The molecule has 22 heavy (non-hydrogen) atoms. The van der Waals surface area contributed by atoms with E-state index >= 15 is 0 Å². The van der Waals surface area contributed by atoms with Crippen molar-refractivity contribution in [2.75, 3.05) is 19.6 Å². The van der Waals surface area contributed by atoms with Crippen molar-refractivity contribution in [3.05, 3.63) is 18.2 Å². The highest BCUT2D eigenvalue weighted by atomic mass is 16.2. The third-order valence-corrected chi connectivity index (χ3v) is 4.77. The highest BCUT2D eigenvalue weighted by Crippen LogP contribution is 2.30. The predicted octanol–water partition coefficient (Wildman–Crippen LogP) is 1.11. The van der Waals surface area contributed by atoms with Crippen molar-refractivity contribution in [2.24, 2.45) is 11.8 Å². The van der Waals surface area contributed by atoms with Crippen molar-refractivity contribution < 1.29 is 9.59 Å². The largest absolute Gasteiger partial charge is 0.355 e. The Balaban J connectivity index is 1.44. The Morgan fingerprint density at radius 3 is 2.77 bits per heavy atom. The van der Waals surface area contributed by atoms with E-state index in [1.807, 2.05) is 4.90 Å². The van der Waals surface area contributed by atoms with E-state index in [1.165, 1.54) is 6.42 Å². The van der Waals surface area contributed by atoms with Crippen LogP contribution in [0.2, 0.25) is 0 Å². The molecule has 3 rings (SSSR count). The molecule has 2 amide bonds. The predicted molar refractivity (Wildman–Crippen MR) is 81.9 cm³/mol. The summed E-state index contributed by atoms with van der Waals surface area (Å²) in [5, 5.41) is 2.97. The zero-order valence-corrected chi connectivity index (χ0v) is 12.9. The molecule has 1 unspecified atom stereocenters. The van der Waals surface area contributed by atoms with Crippen molar-refractivity contribution in [2.45, 2.75) is 38.5 Å². The highest BCUT2D eigenvalue weighted by Gasteiger charge is 2.33. The standard InChI is InChI=1S/C16H24N4O2/c21-15(19-7-6-14-17-8-9-18-14)13-5-2-10-20(11-13)16(22)12-3-1-4-12/h8-9,12-13H,1-7,10-11H2,(H,17,18)(H,19,21). The maximum atomic E-state index is 12.3. The van der Waals surface area contributed by atoms with Crippen molar-refractivity contribution in [3.63, 3.8) is 0 Å². The number of imidazole rings is 1. The molecule has 0 aromatic carbocycles. The number of H-pyrrole nitrogens is 1. The Morgan fingerprint density at radius 2 is 2.09 bits per heavy atom. The Labute approximate surface area is 130 Å². The number of piperidine rings is 1. The smallest absolute Gasteiger partial charge is 0.225 e. The molecule has 0 spiro atoms. The van der Waals surface area contributed by atoms with Gasteiger partial charge in [0.2, 0.25) is 11.8 Å². The van der Waals surface area contributed by atoms with E-state index in [0.29, 0.717) is 19.5 Å². The summed E-state index contributed by atoms with van der Waals surface area (Å²) in [6.45, 7) is 1.98. The number of carbonyl (C=O) groups is 2. The number of carbonyl (C=O) groups excluding carboxylic acids is 2. The molecule has 6 nitrogen and oxygen atoms in total. The number of hydrogen-bond acceptors (Lipinski definition) is 3. The van der Waals surface area contributed by atoms with Gasteiger partial charge in [0.15, 0.2) is 0 Å². The number of aromatic amines is 1. The van der Waals surface area contributed by atoms with E-state index in [-0.39, 0.29) is 23.7 Å². The van der Waals surface area contributed by atoms with Gasteiger partial charge in [0.25, 0.3) is 0 Å². The van der Waals surface area contributed by atoms with Crippen LogP contribution in [0.25, 0.3) is 0 Å². The quantitative estimate of drug-likeness (QED) is 0.855. The molecule has 0 radical (unpaired) electrons. The van der Waals surface area contributed by atoms with Crippen LogP contribution >= 0.6 is 0 Å². The van der Waals surface area contributed by atoms with Crippen LogP contribution in [0.4, 0.5) is 0 Å². The first-order valence-electron chi connectivity index (χ1n) is 8.29. The molecule has 2 N–H and O–H groups in total. The summed E-state index contributed by atoms with van der Waals surface area (Å²) in [5.74, 6) is 1.37. The lowest BCUT2D eigenvalue weighted by molar-refractivity contribution is -0.141. The number of rotatable bonds is 5. The first kappa shape index (κ1) is 15.1. The lowest BCUT2D eigenvalue weighted by Crippen LogP contribution is -2.48. The molecule has 2 heterocycles. The summed E-state index contributed by atoms with van der Waals surface area (Å²) < 4.78 is 0. The minimum atomic E-state index is -0.0608. The minimum Gasteiger partial charge on any atom is -0.355 e. The zero-order chi connectivity index (χ0) is 15.4. The van der Waals surface area contributed by atoms with E-state index in [4.69, 9.17) is 0 Å². The van der Waals surface area contributed by atoms with Gasteiger partial charge < -0.3 is 15.2 Å². The molecule has 1 atom stereocenters. The van der Waals surface area contributed by atoms with Crippen LogP contribution < -0.4 is 5.32 Å². The Morgan fingerprint density at radius 1 is 1.27 bits per heavy atom. The summed E-state index contributed by atoms with van der Waals surface area (Å²) >= 11 is 0. The summed E-state index contributed by atoms with van der Waals surface area (Å²) in [5.41, 5.74) is 0. The van der Waals surface area contributed by atoms with Crippen LogP contribution in [0.1, 0.15) is 37.9 Å². The fourth-order valence-electron chi connectivity index (χ4n) is 3.19. The van der Waals surface area contributed by atoms with Crippen LogP contribution in [-0.2, 0) is 16.0 Å². The van der Waals surface area contributed by atoms with Gasteiger partial charge in [-0.2, -0.15) is 0 Å². The summed E-state index contributed by atoms with van der Waals surface area (Å²) in [6.07, 6.45) is 9.21. The maximum Gasteiger partial charge on any atom is 0.225 e. The van der Waals surface area contributed by atoms with Crippen LogP contribution in [0, 0.1) is 11.8 Å². The van der Waals surface area contributed by atoms with Gasteiger partial charge in [-0.05, 0) is 25.7 Å². The van der Waals surface area contributed by atoms with E-state index in [0.717, 1.165) is 38.1 Å². The SMILES string of the molecule is O=C(NCCc1ncc[nH]1)C1CCCN(C(=O)C2CCC2)C1. The molecule has 0 bridgehead atoms. The Bertz CT molecular complexity index is 510. The third-order valence-electron chi connectivity index (χ3n) is 4.77. The molecule has 1 aromatic rings. The van der Waals surface area contributed by atoms with Gasteiger partial charge in [0, 0.05) is 44.4 Å². The van der Waals surface area contributed by atoms with Crippen LogP contribution in [0.5, 0.6) is 0 Å². The lowest BCUT2D eigenvalue weighted by atomic mass is 9.83. The van der Waals surface area contributed by atoms with Gasteiger partial charge in [-0.25, -0.2) is 4.98 Å². The monoisotopic (exact) mass is 304 g/mol. The molecule has 1 aromatic heterocycles. The van der Waals surface area contributed by atoms with Crippen molar-refractivity contribution in [1.82, 2.24) is 20.2 Å². The second-order valence-electron chi connectivity index (χ2n) is 6.33. The van der Waals surface area contributed by atoms with Crippen molar-refractivity contribution in [1.29, 1.82) is 0 Å². The van der Waals surface area contributed by atoms with E-state index in [2.05, 4.69) is 15.3 Å². The molecule has 1 aliphatic carbocycles. The van der Waals surface area contributed by atoms with Crippen LogP contribution in [0.3, 0.4) is 0 Å². The summed E-state index contributed by atoms with van der Waals surface area (Å²) in [4.78, 5) is 33.6. The zero-order valence-electron chi connectivity index (χ0n) is 12.9. The number of nitrogens with zero attached hydrogens (tertiary/aromatic N) is 2. The summed E-state index contributed by atoms with van der Waals surface area (Å²) in [6, 6.07) is 0. The average Bonchev–Trinajstić information content (AvgIpc) is 2.99. The Kier molecular flexibility index (Phi) is 4.75. The van der Waals surface area contributed by atoms with Gasteiger partial charge in [0.1, 0.15) is 5.82 Å². The number of nitrogens with one attached hydrogen (secondary N) is 2. The molecule has 1 aliphatic heterocycles. The summed E-state index contributed by atoms with van der Waals surface area (Å²) in [7, 11) is 0. The molecule has 1 saturated heterocycles. The minimum absolute atomic E-state index is 0.0608. The van der Waals surface area contributed by atoms with Crippen molar-refractivity contribution >= 4 is 11.8 Å². The second kappa shape index (κ2) is 6.94. The Hall–Kier alpha value is -1.85. The number of aromatic nitrogens is 2. The normalized spacial score (nSPS) is 22.2. The number of likely N-dealkylation sites (tertiary alicyclic amines) is 1. The first-order chi connectivity index (χ1) is 10.7. The first-order valence-corrected chi connectivity index (χ1v) is 8.29. The van der Waals surface area contributed by atoms with Crippen LogP contribution in [0.15, 0.2) is 12.4 Å². The highest BCUT2D eigenvalue weighted by molar-refractivity contribution is 5.82. The molecular weight excluding hydrogens is 280 g/mol. The fraction of sp³-hybridized carbons (Fsp3) is 0.688. The average molecular weight is 304 g/mol. The fourth-order valence-corrected chi connectivity index (χ4v) is 3.19. The molecule has 6 heteroatoms. The molecule has 2 fully saturated rings. The molecular formula is C16H24N4O2. The van der Waals surface area contributed by atoms with Crippen LogP contribution in [-0.4, -0.2) is 46.3 Å². The molecule has 120 valence electrons. The van der Waals surface area contributed by atoms with Gasteiger partial charge in [-0.1, -0.05) is 6.42 Å². The van der Waals surface area contributed by atoms with E-state index in [1.54, 1.807) is 12.4 Å².